The van der Waals surface area contributed by atoms with E-state index in [1.807, 2.05) is 64.1 Å². The van der Waals surface area contributed by atoms with Crippen molar-refractivity contribution < 1.29 is 14.3 Å². The van der Waals surface area contributed by atoms with Crippen molar-refractivity contribution in [2.45, 2.75) is 45.3 Å². The minimum Gasteiger partial charge on any atom is -0.457 e. The number of carbonyl (C=O) groups excluding carboxylic acids is 1. The summed E-state index contributed by atoms with van der Waals surface area (Å²) in [6.07, 6.45) is 4.48. The van der Waals surface area contributed by atoms with Crippen LogP contribution in [0.15, 0.2) is 73.6 Å². The molecule has 2 aromatic carbocycles. The average molecular weight is 594 g/mol. The lowest BCUT2D eigenvalue weighted by atomic mass is 9.96. The van der Waals surface area contributed by atoms with Crippen molar-refractivity contribution in [1.29, 1.82) is 0 Å². The number of benzene rings is 2. The summed E-state index contributed by atoms with van der Waals surface area (Å²) in [5.74, 6) is 9.03. The second-order valence-electron chi connectivity index (χ2n) is 12.0. The summed E-state index contributed by atoms with van der Waals surface area (Å²) < 4.78 is 14.3. The van der Waals surface area contributed by atoms with Gasteiger partial charge in [-0.3, -0.25) is 9.36 Å². The highest BCUT2D eigenvalue weighted by Gasteiger charge is 2.24. The highest BCUT2D eigenvalue weighted by molar-refractivity contribution is 6.76. The smallest absolute Gasteiger partial charge is 0.245 e. The number of likely N-dealkylation sites (tertiary alicyclic amines) is 1. The summed E-state index contributed by atoms with van der Waals surface area (Å²) in [6.45, 7) is 12.9. The van der Waals surface area contributed by atoms with Gasteiger partial charge in [0, 0.05) is 39.3 Å². The second kappa shape index (κ2) is 13.3. The third kappa shape index (κ3) is 7.34. The molecule has 1 saturated heterocycles. The number of hydrogen-bond acceptors (Lipinski definition) is 6. The van der Waals surface area contributed by atoms with Crippen molar-refractivity contribution in [2.75, 3.05) is 25.4 Å². The molecule has 4 aromatic rings. The summed E-state index contributed by atoms with van der Waals surface area (Å²) in [4.78, 5) is 22.9. The summed E-state index contributed by atoms with van der Waals surface area (Å²) in [7, 11) is -1.26. The van der Waals surface area contributed by atoms with Gasteiger partial charge in [0.2, 0.25) is 5.91 Å². The van der Waals surface area contributed by atoms with E-state index < -0.39 is 8.07 Å². The van der Waals surface area contributed by atoms with Crippen LogP contribution in [-0.4, -0.2) is 53.1 Å². The van der Waals surface area contributed by atoms with Gasteiger partial charge in [-0.25, -0.2) is 9.97 Å². The molecule has 1 fully saturated rings. The Kier molecular flexibility index (Phi) is 9.29. The molecule has 1 amide bonds. The van der Waals surface area contributed by atoms with E-state index in [1.165, 1.54) is 12.4 Å². The van der Waals surface area contributed by atoms with Gasteiger partial charge in [0.05, 0.1) is 5.39 Å². The fourth-order valence-electron chi connectivity index (χ4n) is 5.12. The molecule has 222 valence electrons. The van der Waals surface area contributed by atoms with Gasteiger partial charge in [0.1, 0.15) is 41.7 Å². The van der Waals surface area contributed by atoms with Crippen molar-refractivity contribution in [3.8, 4) is 34.5 Å². The molecule has 0 spiro atoms. The zero-order valence-corrected chi connectivity index (χ0v) is 26.2. The zero-order valence-electron chi connectivity index (χ0n) is 25.2. The van der Waals surface area contributed by atoms with E-state index in [1.54, 1.807) is 0 Å². The monoisotopic (exact) mass is 593 g/mol. The number of nitrogens with zero attached hydrogens (tertiary/aromatic N) is 4. The molecule has 8 nitrogen and oxygen atoms in total. The number of fused-ring (bicyclic) bond motifs is 1. The molecular weight excluding hydrogens is 554 g/mol. The molecule has 2 aromatic heterocycles. The lowest BCUT2D eigenvalue weighted by Crippen LogP contribution is -2.37. The Balaban J connectivity index is 1.52. The number of nitrogens with two attached hydrogens (primary N) is 1. The van der Waals surface area contributed by atoms with Crippen LogP contribution in [0, 0.1) is 17.8 Å². The maximum absolute atomic E-state index is 12.1. The number of hydrogen-bond donors (Lipinski definition) is 1. The first kappa shape index (κ1) is 30.1. The first-order valence-corrected chi connectivity index (χ1v) is 18.4. The summed E-state index contributed by atoms with van der Waals surface area (Å²) >= 11 is 0. The van der Waals surface area contributed by atoms with Crippen LogP contribution in [0.2, 0.25) is 25.7 Å². The van der Waals surface area contributed by atoms with Crippen molar-refractivity contribution >= 4 is 30.8 Å². The Bertz CT molecular complexity index is 1640. The van der Waals surface area contributed by atoms with Gasteiger partial charge in [0.25, 0.3) is 0 Å². The van der Waals surface area contributed by atoms with Crippen LogP contribution in [0.5, 0.6) is 11.5 Å². The molecule has 0 saturated carbocycles. The normalized spacial score (nSPS) is 13.9. The maximum Gasteiger partial charge on any atom is 0.245 e. The first-order valence-electron chi connectivity index (χ1n) is 14.7. The van der Waals surface area contributed by atoms with Gasteiger partial charge < -0.3 is 20.1 Å². The van der Waals surface area contributed by atoms with E-state index in [2.05, 4.69) is 48.0 Å². The number of carbonyl (C=O) groups is 1. The minimum absolute atomic E-state index is 0.0296. The molecule has 0 radical (unpaired) electrons. The van der Waals surface area contributed by atoms with Crippen molar-refractivity contribution in [3.05, 3.63) is 79.3 Å². The molecule has 9 heteroatoms. The molecule has 5 rings (SSSR count). The fourth-order valence-corrected chi connectivity index (χ4v) is 5.88. The van der Waals surface area contributed by atoms with E-state index in [9.17, 15) is 4.79 Å². The van der Waals surface area contributed by atoms with E-state index in [-0.39, 0.29) is 11.8 Å². The van der Waals surface area contributed by atoms with E-state index in [0.717, 1.165) is 52.6 Å². The van der Waals surface area contributed by atoms with Gasteiger partial charge in [-0.1, -0.05) is 62.5 Å². The van der Waals surface area contributed by atoms with E-state index in [4.69, 9.17) is 15.2 Å². The quantitative estimate of drug-likeness (QED) is 0.102. The predicted molar refractivity (Wildman–Crippen MR) is 174 cm³/mol. The first-order chi connectivity index (χ1) is 20.7. The standard InChI is InChI=1S/C34H39N5O3Si/c1-5-30(40)38-19-17-25(18-20-38)11-16-29-31(26-12-14-28(15-13-26)42-27-9-7-6-8-10-27)32-33(35)36-23-37-34(32)39(29)24-41-21-22-43(2,3)4/h5-10,12-15,23,25H,1,17-22,24H2,2-4H3,(H2,35,36,37). The largest absolute Gasteiger partial charge is 0.457 e. The van der Waals surface area contributed by atoms with Crippen LogP contribution in [0.25, 0.3) is 22.2 Å². The van der Waals surface area contributed by atoms with Gasteiger partial charge in [0.15, 0.2) is 0 Å². The topological polar surface area (TPSA) is 95.5 Å². The van der Waals surface area contributed by atoms with E-state index >= 15 is 0 Å². The molecule has 1 aliphatic heterocycles. The Morgan fingerprint density at radius 3 is 2.44 bits per heavy atom. The SMILES string of the molecule is C=CC(=O)N1CCC(C#Cc2c(-c3ccc(Oc4ccccc4)cc3)c3c(N)ncnc3n2COCC[Si](C)(C)C)CC1. The van der Waals surface area contributed by atoms with Crippen LogP contribution in [0.4, 0.5) is 5.82 Å². The van der Waals surface area contributed by atoms with Crippen LogP contribution in [-0.2, 0) is 16.3 Å². The minimum atomic E-state index is -1.26. The van der Waals surface area contributed by atoms with Crippen LogP contribution in [0.3, 0.4) is 0 Å². The zero-order chi connectivity index (χ0) is 30.4. The van der Waals surface area contributed by atoms with Crippen LogP contribution in [0.1, 0.15) is 18.5 Å². The number of para-hydroxylation sites is 1. The average Bonchev–Trinajstić information content (AvgIpc) is 3.32. The lowest BCUT2D eigenvalue weighted by molar-refractivity contribution is -0.127. The Morgan fingerprint density at radius 1 is 1.07 bits per heavy atom. The number of anilines is 1. The molecule has 0 atom stereocenters. The number of aromatic nitrogens is 3. The highest BCUT2D eigenvalue weighted by atomic mass is 28.3. The third-order valence-electron chi connectivity index (χ3n) is 7.58. The van der Waals surface area contributed by atoms with Crippen LogP contribution >= 0.6 is 0 Å². The van der Waals surface area contributed by atoms with Crippen LogP contribution < -0.4 is 10.5 Å². The molecule has 0 unspecified atom stereocenters. The van der Waals surface area contributed by atoms with Crippen molar-refractivity contribution in [3.63, 3.8) is 0 Å². The molecule has 3 heterocycles. The Hall–Kier alpha value is -4.39. The predicted octanol–water partition coefficient (Wildman–Crippen LogP) is 6.56. The Labute approximate surface area is 254 Å². The Morgan fingerprint density at radius 2 is 1.77 bits per heavy atom. The lowest BCUT2D eigenvalue weighted by Gasteiger charge is -2.28. The van der Waals surface area contributed by atoms with Gasteiger partial charge in [-0.05, 0) is 60.7 Å². The number of rotatable bonds is 9. The molecule has 0 aliphatic carbocycles. The number of piperidine rings is 1. The van der Waals surface area contributed by atoms with Crippen molar-refractivity contribution in [2.24, 2.45) is 5.92 Å². The number of amides is 1. The molecule has 43 heavy (non-hydrogen) atoms. The molecule has 0 bridgehead atoms. The summed E-state index contributed by atoms with van der Waals surface area (Å²) in [5, 5.41) is 0.753. The molecular formula is C34H39N5O3Si. The van der Waals surface area contributed by atoms with Crippen molar-refractivity contribution in [1.82, 2.24) is 19.4 Å². The number of nitrogen functional groups attached to an aromatic ring is 1. The van der Waals surface area contributed by atoms with E-state index in [0.29, 0.717) is 37.9 Å². The number of ether oxygens (including phenoxy) is 2. The van der Waals surface area contributed by atoms with Gasteiger partial charge in [-0.2, -0.15) is 0 Å². The fraction of sp³-hybridized carbons (Fsp3) is 0.324. The van der Waals surface area contributed by atoms with Gasteiger partial charge in [-0.15, -0.1) is 0 Å². The second-order valence-corrected chi connectivity index (χ2v) is 17.6. The summed E-state index contributed by atoms with van der Waals surface area (Å²) in [5.41, 5.74) is 9.79. The van der Waals surface area contributed by atoms with Gasteiger partial charge >= 0.3 is 0 Å². The molecule has 1 aliphatic rings. The third-order valence-corrected chi connectivity index (χ3v) is 9.29. The molecule has 2 N–H and O–H groups in total. The maximum atomic E-state index is 12.1. The summed E-state index contributed by atoms with van der Waals surface area (Å²) in [6, 6.07) is 18.7. The highest BCUT2D eigenvalue weighted by Crippen LogP contribution is 2.37.